The summed E-state index contributed by atoms with van der Waals surface area (Å²) in [5.41, 5.74) is -5.25. The third-order valence-corrected chi connectivity index (χ3v) is 3.32. The van der Waals surface area contributed by atoms with Gasteiger partial charge >= 0.3 is 5.51 Å². The van der Waals surface area contributed by atoms with Crippen LogP contribution in [0.25, 0.3) is 0 Å². The van der Waals surface area contributed by atoms with Crippen LogP contribution < -0.4 is 0 Å². The minimum absolute atomic E-state index is 0.242. The normalized spacial score (nSPS) is 13.1. The molecule has 0 bridgehead atoms. The van der Waals surface area contributed by atoms with Crippen LogP contribution in [0.4, 0.5) is 18.9 Å². The highest BCUT2D eigenvalue weighted by Crippen LogP contribution is 2.40. The molecule has 1 unspecified atom stereocenters. The molecule has 19 heavy (non-hydrogen) atoms. The Bertz CT molecular complexity index is 521. The molecule has 0 heterocycles. The van der Waals surface area contributed by atoms with Gasteiger partial charge in [0, 0.05) is 11.0 Å². The van der Waals surface area contributed by atoms with Gasteiger partial charge in [0.05, 0.1) is 10.5 Å². The van der Waals surface area contributed by atoms with Crippen LogP contribution >= 0.6 is 23.4 Å². The largest absolute Gasteiger partial charge is 0.446 e. The number of hydrogen-bond acceptors (Lipinski definition) is 4. The predicted octanol–water partition coefficient (Wildman–Crippen LogP) is 4.08. The third-order valence-electron chi connectivity index (χ3n) is 2.06. The number of halogens is 4. The zero-order chi connectivity index (χ0) is 14.8. The minimum Gasteiger partial charge on any atom is -0.298 e. The van der Waals surface area contributed by atoms with Crippen LogP contribution in [-0.2, 0) is 4.79 Å². The van der Waals surface area contributed by atoms with Gasteiger partial charge in [-0.05, 0) is 30.8 Å². The molecule has 1 rings (SSSR count). The highest BCUT2D eigenvalue weighted by Gasteiger charge is 2.31. The number of ketones is 1. The third kappa shape index (κ3) is 4.39. The zero-order valence-corrected chi connectivity index (χ0v) is 11.0. The van der Waals surface area contributed by atoms with Gasteiger partial charge in [0.15, 0.2) is 5.78 Å². The van der Waals surface area contributed by atoms with E-state index in [-0.39, 0.29) is 10.5 Å². The van der Waals surface area contributed by atoms with Crippen LogP contribution in [0.2, 0.25) is 0 Å². The molecule has 1 aromatic carbocycles. The quantitative estimate of drug-likeness (QED) is 0.364. The molecule has 0 saturated heterocycles. The molecule has 0 aliphatic heterocycles. The van der Waals surface area contributed by atoms with E-state index in [9.17, 15) is 28.1 Å². The fourth-order valence-electron chi connectivity index (χ4n) is 1.32. The molecule has 4 nitrogen and oxygen atoms in total. The lowest BCUT2D eigenvalue weighted by Gasteiger charge is -2.10. The summed E-state index contributed by atoms with van der Waals surface area (Å²) < 4.78 is 36.7. The summed E-state index contributed by atoms with van der Waals surface area (Å²) in [4.78, 5) is 20.8. The number of carbonyl (C=O) groups excluding carboxylic acids is 1. The van der Waals surface area contributed by atoms with E-state index in [0.717, 1.165) is 25.1 Å². The summed E-state index contributed by atoms with van der Waals surface area (Å²) >= 11 is 5.26. The first-order valence-corrected chi connectivity index (χ1v) is 6.05. The molecule has 0 fully saturated rings. The molecule has 104 valence electrons. The van der Waals surface area contributed by atoms with E-state index in [1.54, 1.807) is 0 Å². The van der Waals surface area contributed by atoms with E-state index in [0.29, 0.717) is 0 Å². The Balaban J connectivity index is 3.26. The van der Waals surface area contributed by atoms with Crippen molar-refractivity contribution in [2.24, 2.45) is 0 Å². The van der Waals surface area contributed by atoms with Crippen molar-refractivity contribution in [2.45, 2.75) is 22.7 Å². The van der Waals surface area contributed by atoms with Gasteiger partial charge in [0.1, 0.15) is 5.38 Å². The van der Waals surface area contributed by atoms with Crippen LogP contribution in [0.3, 0.4) is 0 Å². The SMILES string of the molecule is CC(=O)C(Cl)c1cc(SC(F)(F)F)ccc1[N+](=O)[O-]. The summed E-state index contributed by atoms with van der Waals surface area (Å²) in [5, 5.41) is 9.40. The molecule has 0 amide bonds. The van der Waals surface area contributed by atoms with Gasteiger partial charge in [-0.1, -0.05) is 0 Å². The molecule has 0 N–H and O–H groups in total. The average Bonchev–Trinajstić information content (AvgIpc) is 2.25. The summed E-state index contributed by atoms with van der Waals surface area (Å²) in [6, 6.07) is 2.78. The van der Waals surface area contributed by atoms with Gasteiger partial charge in [-0.15, -0.1) is 11.6 Å². The van der Waals surface area contributed by atoms with Crippen LogP contribution in [0.5, 0.6) is 0 Å². The van der Waals surface area contributed by atoms with Crippen LogP contribution in [-0.4, -0.2) is 16.2 Å². The highest BCUT2D eigenvalue weighted by molar-refractivity contribution is 8.00. The monoisotopic (exact) mass is 313 g/mol. The van der Waals surface area contributed by atoms with Crippen LogP contribution in [0.1, 0.15) is 17.9 Å². The molecule has 0 radical (unpaired) electrons. The van der Waals surface area contributed by atoms with Crippen molar-refractivity contribution in [3.05, 3.63) is 33.9 Å². The number of hydrogen-bond donors (Lipinski definition) is 0. The van der Waals surface area contributed by atoms with E-state index in [1.165, 1.54) is 0 Å². The second-order valence-corrected chi connectivity index (χ2v) is 5.07. The van der Waals surface area contributed by atoms with Crippen molar-refractivity contribution in [1.29, 1.82) is 0 Å². The van der Waals surface area contributed by atoms with Crippen molar-refractivity contribution >= 4 is 34.8 Å². The summed E-state index contributed by atoms with van der Waals surface area (Å²) in [6.45, 7) is 1.10. The first-order chi connectivity index (χ1) is 8.61. The fraction of sp³-hybridized carbons (Fsp3) is 0.300. The molecule has 1 atom stereocenters. The molecular formula is C10H7ClF3NO3S. The maximum atomic E-state index is 12.2. The van der Waals surface area contributed by atoms with Crippen molar-refractivity contribution in [3.63, 3.8) is 0 Å². The van der Waals surface area contributed by atoms with Crippen molar-refractivity contribution < 1.29 is 22.9 Å². The predicted molar refractivity (Wildman–Crippen MR) is 64.3 cm³/mol. The van der Waals surface area contributed by atoms with Gasteiger partial charge in [0.2, 0.25) is 0 Å². The van der Waals surface area contributed by atoms with Crippen LogP contribution in [0, 0.1) is 10.1 Å². The molecule has 0 spiro atoms. The Hall–Kier alpha value is -1.28. The van der Waals surface area contributed by atoms with Gasteiger partial charge in [-0.2, -0.15) is 13.2 Å². The number of nitro groups is 1. The Labute approximate surface area is 115 Å². The van der Waals surface area contributed by atoms with Gasteiger partial charge < -0.3 is 0 Å². The van der Waals surface area contributed by atoms with E-state index in [4.69, 9.17) is 11.6 Å². The molecule has 1 aromatic rings. The second-order valence-electron chi connectivity index (χ2n) is 3.50. The molecular weight excluding hydrogens is 307 g/mol. The van der Waals surface area contributed by atoms with Gasteiger partial charge in [-0.3, -0.25) is 14.9 Å². The first-order valence-electron chi connectivity index (χ1n) is 4.80. The number of thioether (sulfide) groups is 1. The van der Waals surface area contributed by atoms with E-state index < -0.39 is 39.0 Å². The second kappa shape index (κ2) is 5.79. The highest BCUT2D eigenvalue weighted by atomic mass is 35.5. The lowest BCUT2D eigenvalue weighted by molar-refractivity contribution is -0.385. The molecule has 0 aromatic heterocycles. The van der Waals surface area contributed by atoms with E-state index >= 15 is 0 Å². The molecule has 0 aliphatic rings. The smallest absolute Gasteiger partial charge is 0.298 e. The number of nitro benzene ring substituents is 1. The topological polar surface area (TPSA) is 60.2 Å². The molecule has 9 heteroatoms. The first kappa shape index (κ1) is 15.8. The maximum Gasteiger partial charge on any atom is 0.446 e. The summed E-state index contributed by atoms with van der Waals surface area (Å²) in [7, 11) is 0. The Morgan fingerprint density at radius 2 is 2.05 bits per heavy atom. The zero-order valence-electron chi connectivity index (χ0n) is 9.40. The van der Waals surface area contributed by atoms with Crippen molar-refractivity contribution in [3.8, 4) is 0 Å². The Morgan fingerprint density at radius 1 is 1.47 bits per heavy atom. The number of Topliss-reactive ketones (excluding diaryl/α,β-unsaturated/α-hetero) is 1. The number of rotatable bonds is 4. The number of nitrogens with zero attached hydrogens (tertiary/aromatic N) is 1. The number of benzene rings is 1. The van der Waals surface area contributed by atoms with Crippen LogP contribution in [0.15, 0.2) is 23.1 Å². The average molecular weight is 314 g/mol. The van der Waals surface area contributed by atoms with Crippen molar-refractivity contribution in [2.75, 3.05) is 0 Å². The van der Waals surface area contributed by atoms with Gasteiger partial charge in [-0.25, -0.2) is 0 Å². The molecule has 0 aliphatic carbocycles. The van der Waals surface area contributed by atoms with Crippen molar-refractivity contribution in [1.82, 2.24) is 0 Å². The summed E-state index contributed by atoms with van der Waals surface area (Å²) in [5.74, 6) is -0.584. The van der Waals surface area contributed by atoms with E-state index in [2.05, 4.69) is 0 Å². The molecule has 0 saturated carbocycles. The number of alkyl halides is 4. The lowest BCUT2D eigenvalue weighted by Crippen LogP contribution is -2.06. The Morgan fingerprint density at radius 3 is 2.47 bits per heavy atom. The standard InChI is InChI=1S/C10H7ClF3NO3S/c1-5(16)9(11)7-4-6(19-10(12,13)14)2-3-8(7)15(17)18/h2-4,9H,1H3. The minimum atomic E-state index is -4.52. The summed E-state index contributed by atoms with van der Waals surface area (Å²) in [6.07, 6.45) is 0. The maximum absolute atomic E-state index is 12.2. The lowest BCUT2D eigenvalue weighted by atomic mass is 10.1. The fourth-order valence-corrected chi connectivity index (χ4v) is 2.08. The Kier molecular flexibility index (Phi) is 4.81. The van der Waals surface area contributed by atoms with Gasteiger partial charge in [0.25, 0.3) is 5.69 Å². The van der Waals surface area contributed by atoms with E-state index in [1.807, 2.05) is 0 Å². The number of carbonyl (C=O) groups is 1.